The number of carbonyl (C=O) groups is 1. The van der Waals surface area contributed by atoms with Crippen molar-refractivity contribution in [2.75, 3.05) is 62.2 Å². The Bertz CT molecular complexity index is 1960. The standard InChI is InChI=1S/C42H48N2O8/c1-43-17-15-29-24-38(49-5)41(50-6)42-40(29)32(43)20-27-11-14-34(47-3)36(22-27)51-30-12-9-26(10-13-30)21-33-31-25-37(52-42)35(48-4)23-28(31)16-19-44(33,2)18-7-8-39(45)46/h9-14,22-25,32-33H,7-8,15-21H2,1-6H3/p+1. The van der Waals surface area contributed by atoms with Gasteiger partial charge in [-0.15, -0.1) is 0 Å². The van der Waals surface area contributed by atoms with Crippen molar-refractivity contribution in [2.45, 2.75) is 50.6 Å². The molecule has 0 saturated carbocycles. The molecule has 0 aromatic heterocycles. The highest BCUT2D eigenvalue weighted by atomic mass is 16.5. The molecule has 3 unspecified atom stereocenters. The molecule has 1 N–H and O–H groups in total. The monoisotopic (exact) mass is 709 g/mol. The molecule has 3 atom stereocenters. The zero-order valence-electron chi connectivity index (χ0n) is 31.0. The lowest BCUT2D eigenvalue weighted by Gasteiger charge is -2.46. The predicted molar refractivity (Wildman–Crippen MR) is 198 cm³/mol. The van der Waals surface area contributed by atoms with E-state index >= 15 is 0 Å². The van der Waals surface area contributed by atoms with Crippen molar-refractivity contribution >= 4 is 5.97 Å². The summed E-state index contributed by atoms with van der Waals surface area (Å²) in [6, 6.07) is 20.7. The van der Waals surface area contributed by atoms with Gasteiger partial charge in [0, 0.05) is 43.0 Å². The first-order valence-corrected chi connectivity index (χ1v) is 18.0. The maximum absolute atomic E-state index is 11.6. The van der Waals surface area contributed by atoms with Crippen molar-refractivity contribution in [3.63, 3.8) is 0 Å². The summed E-state index contributed by atoms with van der Waals surface area (Å²) in [6.45, 7) is 2.48. The van der Waals surface area contributed by atoms with Gasteiger partial charge < -0.3 is 38.0 Å². The third kappa shape index (κ3) is 6.73. The van der Waals surface area contributed by atoms with E-state index in [0.717, 1.165) is 66.9 Å². The largest absolute Gasteiger partial charge is 0.493 e. The Labute approximate surface area is 306 Å². The molecule has 4 aromatic rings. The smallest absolute Gasteiger partial charge is 0.303 e. The zero-order valence-corrected chi connectivity index (χ0v) is 31.0. The lowest BCUT2D eigenvalue weighted by molar-refractivity contribution is -0.941. The maximum atomic E-state index is 11.6. The molecular weight excluding hydrogens is 660 g/mol. The van der Waals surface area contributed by atoms with E-state index in [1.807, 2.05) is 18.2 Å². The Morgan fingerprint density at radius 1 is 0.827 bits per heavy atom. The molecule has 52 heavy (non-hydrogen) atoms. The molecule has 4 aliphatic heterocycles. The SMILES string of the molecule is COc1ccc2cc1Oc1ccc(cc1)CC1c3cc(c(OC)cc3CC[N+]1(C)CCCC(=O)O)Oc1c(OC)c(OC)cc3c1C(C2)N(C)CC3. The van der Waals surface area contributed by atoms with Crippen LogP contribution in [-0.2, 0) is 30.5 Å². The second-order valence-corrected chi connectivity index (χ2v) is 14.4. The van der Waals surface area contributed by atoms with Crippen molar-refractivity contribution in [3.05, 3.63) is 94.0 Å². The average Bonchev–Trinajstić information content (AvgIpc) is 3.14. The van der Waals surface area contributed by atoms with Crippen LogP contribution in [0.25, 0.3) is 0 Å². The molecule has 0 aliphatic carbocycles. The number of carboxylic acids is 1. The minimum atomic E-state index is -0.772. The Morgan fingerprint density at radius 2 is 1.54 bits per heavy atom. The third-order valence-corrected chi connectivity index (χ3v) is 11.3. The van der Waals surface area contributed by atoms with E-state index in [1.54, 1.807) is 28.4 Å². The first-order valence-electron chi connectivity index (χ1n) is 18.0. The van der Waals surface area contributed by atoms with Gasteiger partial charge >= 0.3 is 5.97 Å². The predicted octanol–water partition coefficient (Wildman–Crippen LogP) is 7.54. The van der Waals surface area contributed by atoms with Gasteiger partial charge in [0.1, 0.15) is 11.8 Å². The topological polar surface area (TPSA) is 95.9 Å². The van der Waals surface area contributed by atoms with E-state index in [-0.39, 0.29) is 18.5 Å². The Hall–Kier alpha value is -4.93. The molecule has 0 saturated heterocycles. The fraction of sp³-hybridized carbons (Fsp3) is 0.405. The van der Waals surface area contributed by atoms with E-state index in [1.165, 1.54) is 11.1 Å². The first-order chi connectivity index (χ1) is 25.1. The van der Waals surface area contributed by atoms with Crippen LogP contribution in [0.2, 0.25) is 0 Å². The number of likely N-dealkylation sites (N-methyl/N-ethyl adjacent to an activating group) is 2. The molecule has 0 radical (unpaired) electrons. The summed E-state index contributed by atoms with van der Waals surface area (Å²) in [6.07, 6.45) is 3.81. The van der Waals surface area contributed by atoms with E-state index < -0.39 is 5.97 Å². The number of benzene rings is 4. The van der Waals surface area contributed by atoms with E-state index in [9.17, 15) is 9.90 Å². The molecular formula is C42H49N2O8+. The molecule has 4 aliphatic rings. The van der Waals surface area contributed by atoms with Crippen LogP contribution >= 0.6 is 0 Å². The number of fused-ring (bicyclic) bond motifs is 2. The minimum Gasteiger partial charge on any atom is -0.493 e. The highest BCUT2D eigenvalue weighted by Crippen LogP contribution is 2.52. The van der Waals surface area contributed by atoms with Gasteiger partial charge in [0.2, 0.25) is 5.75 Å². The first kappa shape index (κ1) is 35.5. The normalized spacial score (nSPS) is 20.7. The Morgan fingerprint density at radius 3 is 2.25 bits per heavy atom. The molecule has 0 amide bonds. The minimum absolute atomic E-state index is 0.0354. The average molecular weight is 710 g/mol. The molecule has 274 valence electrons. The summed E-state index contributed by atoms with van der Waals surface area (Å²) in [7, 11) is 11.0. The highest BCUT2D eigenvalue weighted by Gasteiger charge is 2.40. The number of hydrogen-bond donors (Lipinski definition) is 1. The summed E-state index contributed by atoms with van der Waals surface area (Å²) in [5.41, 5.74) is 6.82. The van der Waals surface area contributed by atoms with Gasteiger partial charge in [0.05, 0.1) is 55.0 Å². The van der Waals surface area contributed by atoms with Gasteiger partial charge in [-0.3, -0.25) is 9.69 Å². The zero-order chi connectivity index (χ0) is 36.6. The number of carboxylic acid groups (broad SMARTS) is 1. The fourth-order valence-electron chi connectivity index (χ4n) is 8.38. The van der Waals surface area contributed by atoms with Crippen molar-refractivity contribution in [1.29, 1.82) is 0 Å². The molecule has 10 nitrogen and oxygen atoms in total. The lowest BCUT2D eigenvalue weighted by Crippen LogP contribution is -2.52. The van der Waals surface area contributed by atoms with Gasteiger partial charge in [-0.25, -0.2) is 0 Å². The van der Waals surface area contributed by atoms with Gasteiger partial charge in [0.25, 0.3) is 0 Å². The van der Waals surface area contributed by atoms with E-state index in [0.29, 0.717) is 57.6 Å². The number of quaternary nitrogens is 1. The molecule has 6 bridgehead atoms. The van der Waals surface area contributed by atoms with Gasteiger partial charge in [-0.05, 0) is 84.6 Å². The molecule has 0 fully saturated rings. The van der Waals surface area contributed by atoms with Gasteiger partial charge in [-0.2, -0.15) is 0 Å². The van der Waals surface area contributed by atoms with Crippen LogP contribution in [0.3, 0.4) is 0 Å². The van der Waals surface area contributed by atoms with Crippen molar-refractivity contribution in [2.24, 2.45) is 0 Å². The molecule has 4 aromatic carbocycles. The summed E-state index contributed by atoms with van der Waals surface area (Å²) in [5.74, 6) is 4.26. The van der Waals surface area contributed by atoms with Crippen LogP contribution < -0.4 is 28.4 Å². The number of methoxy groups -OCH3 is 4. The fourth-order valence-corrected chi connectivity index (χ4v) is 8.38. The number of nitrogens with zero attached hydrogens (tertiary/aromatic N) is 2. The molecule has 0 spiro atoms. The number of rotatable bonds is 8. The maximum Gasteiger partial charge on any atom is 0.303 e. The molecule has 8 rings (SSSR count). The van der Waals surface area contributed by atoms with Crippen molar-refractivity contribution < 1.29 is 42.8 Å². The summed E-state index contributed by atoms with van der Waals surface area (Å²) in [5, 5.41) is 9.51. The van der Waals surface area contributed by atoms with Gasteiger partial charge in [-0.1, -0.05) is 18.2 Å². The second kappa shape index (κ2) is 14.6. The highest BCUT2D eigenvalue weighted by molar-refractivity contribution is 5.66. The lowest BCUT2D eigenvalue weighted by atomic mass is 9.85. The summed E-state index contributed by atoms with van der Waals surface area (Å²) < 4.78 is 38.1. The van der Waals surface area contributed by atoms with E-state index in [2.05, 4.69) is 61.5 Å². The van der Waals surface area contributed by atoms with Crippen LogP contribution in [0.1, 0.15) is 58.3 Å². The molecule has 4 heterocycles. The van der Waals surface area contributed by atoms with Crippen LogP contribution in [0, 0.1) is 0 Å². The number of hydrogen-bond acceptors (Lipinski definition) is 8. The van der Waals surface area contributed by atoms with Crippen LogP contribution in [0.4, 0.5) is 0 Å². The van der Waals surface area contributed by atoms with Crippen molar-refractivity contribution in [1.82, 2.24) is 4.90 Å². The van der Waals surface area contributed by atoms with Crippen LogP contribution in [-0.4, -0.2) is 82.6 Å². The van der Waals surface area contributed by atoms with Crippen LogP contribution in [0.15, 0.2) is 60.7 Å². The van der Waals surface area contributed by atoms with Crippen LogP contribution in [0.5, 0.6) is 46.0 Å². The third-order valence-electron chi connectivity index (χ3n) is 11.3. The molecule has 10 heteroatoms. The summed E-state index contributed by atoms with van der Waals surface area (Å²) >= 11 is 0. The summed E-state index contributed by atoms with van der Waals surface area (Å²) in [4.78, 5) is 13.9. The van der Waals surface area contributed by atoms with E-state index in [4.69, 9.17) is 28.4 Å². The second-order valence-electron chi connectivity index (χ2n) is 14.4. The Balaban J connectivity index is 1.45. The van der Waals surface area contributed by atoms with Gasteiger partial charge in [0.15, 0.2) is 34.5 Å². The number of ether oxygens (including phenoxy) is 6. The quantitative estimate of drug-likeness (QED) is 0.186. The Kier molecular flexibility index (Phi) is 9.96. The van der Waals surface area contributed by atoms with Crippen molar-refractivity contribution in [3.8, 4) is 46.0 Å². The number of aliphatic carboxylic acids is 1.